The zero-order valence-corrected chi connectivity index (χ0v) is 12.8. The minimum Gasteiger partial charge on any atom is -0.320 e. The van der Waals surface area contributed by atoms with Gasteiger partial charge in [-0.3, -0.25) is 9.48 Å². The van der Waals surface area contributed by atoms with E-state index in [2.05, 4.69) is 26.3 Å². The lowest BCUT2D eigenvalue weighted by Gasteiger charge is -2.08. The highest BCUT2D eigenvalue weighted by Crippen LogP contribution is 2.25. The Labute approximate surface area is 124 Å². The number of sulfonamides is 1. The van der Waals surface area contributed by atoms with Crippen molar-refractivity contribution in [1.29, 1.82) is 0 Å². The van der Waals surface area contributed by atoms with E-state index in [1.807, 2.05) is 0 Å². The van der Waals surface area contributed by atoms with Crippen LogP contribution in [0, 0.1) is 0 Å². The molecule has 0 unspecified atom stereocenters. The molecule has 0 spiro atoms. The van der Waals surface area contributed by atoms with Crippen molar-refractivity contribution in [3.05, 3.63) is 40.6 Å². The number of nitrogens with one attached hydrogen (secondary N) is 1. The van der Waals surface area contributed by atoms with Gasteiger partial charge in [0.1, 0.15) is 5.69 Å². The summed E-state index contributed by atoms with van der Waals surface area (Å²) in [6, 6.07) is 5.67. The van der Waals surface area contributed by atoms with Crippen LogP contribution in [0.3, 0.4) is 0 Å². The second kappa shape index (κ2) is 5.35. The third-order valence-electron chi connectivity index (χ3n) is 2.57. The summed E-state index contributed by atoms with van der Waals surface area (Å²) in [6.07, 6.45) is 1.51. The average molecular weight is 359 g/mol. The number of primary sulfonamides is 1. The monoisotopic (exact) mass is 358 g/mol. The number of aryl methyl sites for hydroxylation is 1. The standard InChI is InChI=1S/C11H11BrN4O3S/c1-16-10(4-5-14-16)11(17)15-9-3-2-7(6-8(9)12)20(13,18)19/h2-6H,1H3,(H,15,17)(H2,13,18,19). The number of halogens is 1. The Morgan fingerprint density at radius 1 is 1.40 bits per heavy atom. The summed E-state index contributed by atoms with van der Waals surface area (Å²) in [6.45, 7) is 0. The molecule has 0 aliphatic carbocycles. The zero-order valence-electron chi connectivity index (χ0n) is 10.4. The number of amides is 1. The number of carbonyl (C=O) groups excluding carboxylic acids is 1. The molecule has 1 aromatic heterocycles. The molecule has 2 rings (SSSR count). The fourth-order valence-electron chi connectivity index (χ4n) is 1.56. The van der Waals surface area contributed by atoms with Gasteiger partial charge in [0.15, 0.2) is 0 Å². The SMILES string of the molecule is Cn1nccc1C(=O)Nc1ccc(S(N)(=O)=O)cc1Br. The largest absolute Gasteiger partial charge is 0.320 e. The molecule has 106 valence electrons. The second-order valence-corrected chi connectivity index (χ2v) is 6.40. The van der Waals surface area contributed by atoms with Crippen molar-refractivity contribution in [2.24, 2.45) is 12.2 Å². The molecular weight excluding hydrogens is 348 g/mol. The Morgan fingerprint density at radius 2 is 2.10 bits per heavy atom. The van der Waals surface area contributed by atoms with Crippen LogP contribution in [-0.4, -0.2) is 24.1 Å². The molecule has 0 fully saturated rings. The van der Waals surface area contributed by atoms with Crippen LogP contribution in [0.1, 0.15) is 10.5 Å². The van der Waals surface area contributed by atoms with E-state index >= 15 is 0 Å². The van der Waals surface area contributed by atoms with Crippen molar-refractivity contribution in [2.75, 3.05) is 5.32 Å². The molecule has 3 N–H and O–H groups in total. The molecule has 0 aliphatic heterocycles. The highest BCUT2D eigenvalue weighted by molar-refractivity contribution is 9.10. The summed E-state index contributed by atoms with van der Waals surface area (Å²) in [5, 5.41) is 11.6. The van der Waals surface area contributed by atoms with Gasteiger partial charge in [-0.15, -0.1) is 0 Å². The first-order valence-electron chi connectivity index (χ1n) is 5.41. The van der Waals surface area contributed by atoms with Gasteiger partial charge >= 0.3 is 0 Å². The van der Waals surface area contributed by atoms with Crippen LogP contribution in [0.2, 0.25) is 0 Å². The fourth-order valence-corrected chi connectivity index (χ4v) is 2.73. The molecule has 0 bridgehead atoms. The summed E-state index contributed by atoms with van der Waals surface area (Å²) in [4.78, 5) is 12.0. The fraction of sp³-hybridized carbons (Fsp3) is 0.0909. The lowest BCUT2D eigenvalue weighted by molar-refractivity contribution is 0.101. The van der Waals surface area contributed by atoms with Crippen molar-refractivity contribution >= 4 is 37.5 Å². The van der Waals surface area contributed by atoms with Gasteiger partial charge in [0, 0.05) is 17.7 Å². The van der Waals surface area contributed by atoms with E-state index in [1.165, 1.54) is 29.1 Å². The van der Waals surface area contributed by atoms with Crippen LogP contribution in [0.15, 0.2) is 39.8 Å². The Kier molecular flexibility index (Phi) is 3.93. The Hall–Kier alpha value is -1.71. The molecule has 20 heavy (non-hydrogen) atoms. The van der Waals surface area contributed by atoms with Crippen molar-refractivity contribution in [1.82, 2.24) is 9.78 Å². The first kappa shape index (κ1) is 14.7. The predicted molar refractivity (Wildman–Crippen MR) is 76.7 cm³/mol. The van der Waals surface area contributed by atoms with E-state index in [-0.39, 0.29) is 10.8 Å². The van der Waals surface area contributed by atoms with Gasteiger partial charge in [0.05, 0.1) is 10.6 Å². The number of nitrogens with two attached hydrogens (primary N) is 1. The third-order valence-corrected chi connectivity index (χ3v) is 4.14. The zero-order chi connectivity index (χ0) is 14.9. The second-order valence-electron chi connectivity index (χ2n) is 3.98. The van der Waals surface area contributed by atoms with Gasteiger partial charge in [0.25, 0.3) is 5.91 Å². The molecule has 1 aromatic carbocycles. The first-order valence-corrected chi connectivity index (χ1v) is 7.74. The maximum Gasteiger partial charge on any atom is 0.273 e. The number of nitrogens with zero attached hydrogens (tertiary/aromatic N) is 2. The summed E-state index contributed by atoms with van der Waals surface area (Å²) >= 11 is 3.19. The summed E-state index contributed by atoms with van der Waals surface area (Å²) < 4.78 is 24.3. The number of aromatic nitrogens is 2. The van der Waals surface area contributed by atoms with Crippen LogP contribution in [-0.2, 0) is 17.1 Å². The molecule has 1 amide bonds. The third kappa shape index (κ3) is 3.06. The Bertz CT molecular complexity index is 770. The van der Waals surface area contributed by atoms with Crippen LogP contribution < -0.4 is 10.5 Å². The molecule has 0 saturated heterocycles. The molecule has 9 heteroatoms. The van der Waals surface area contributed by atoms with Gasteiger partial charge < -0.3 is 5.32 Å². The summed E-state index contributed by atoms with van der Waals surface area (Å²) in [5.41, 5.74) is 0.816. The van der Waals surface area contributed by atoms with Gasteiger partial charge in [0.2, 0.25) is 10.0 Å². The van der Waals surface area contributed by atoms with Crippen LogP contribution >= 0.6 is 15.9 Å². The summed E-state index contributed by atoms with van der Waals surface area (Å²) in [5.74, 6) is -0.353. The lowest BCUT2D eigenvalue weighted by atomic mass is 10.3. The minimum atomic E-state index is -3.78. The Morgan fingerprint density at radius 3 is 2.60 bits per heavy atom. The van der Waals surface area contributed by atoms with E-state index in [1.54, 1.807) is 13.1 Å². The topological polar surface area (TPSA) is 107 Å². The number of rotatable bonds is 3. The van der Waals surface area contributed by atoms with Gasteiger partial charge in [-0.1, -0.05) is 0 Å². The molecule has 7 nitrogen and oxygen atoms in total. The van der Waals surface area contributed by atoms with Gasteiger partial charge in [-0.2, -0.15) is 5.10 Å². The lowest BCUT2D eigenvalue weighted by Crippen LogP contribution is -2.17. The number of hydrogen-bond acceptors (Lipinski definition) is 4. The normalized spacial score (nSPS) is 11.3. The maximum atomic E-state index is 12.0. The smallest absolute Gasteiger partial charge is 0.273 e. The molecular formula is C11H11BrN4O3S. The van der Waals surface area contributed by atoms with Crippen molar-refractivity contribution in [3.63, 3.8) is 0 Å². The molecule has 0 atom stereocenters. The van der Waals surface area contributed by atoms with Gasteiger partial charge in [-0.05, 0) is 40.2 Å². The molecule has 0 saturated carbocycles. The first-order chi connectivity index (χ1) is 9.29. The number of benzene rings is 1. The molecule has 2 aromatic rings. The average Bonchev–Trinajstić information content (AvgIpc) is 2.76. The van der Waals surface area contributed by atoms with Crippen LogP contribution in [0.4, 0.5) is 5.69 Å². The maximum absolute atomic E-state index is 12.0. The predicted octanol–water partition coefficient (Wildman–Crippen LogP) is 1.08. The molecule has 1 heterocycles. The van der Waals surface area contributed by atoms with E-state index in [9.17, 15) is 13.2 Å². The molecule has 0 aliphatic rings. The minimum absolute atomic E-state index is 0.0390. The van der Waals surface area contributed by atoms with Crippen LogP contribution in [0.25, 0.3) is 0 Å². The summed E-state index contributed by atoms with van der Waals surface area (Å²) in [7, 11) is -2.13. The van der Waals surface area contributed by atoms with E-state index in [0.29, 0.717) is 15.9 Å². The van der Waals surface area contributed by atoms with Crippen molar-refractivity contribution in [3.8, 4) is 0 Å². The van der Waals surface area contributed by atoms with Crippen molar-refractivity contribution < 1.29 is 13.2 Å². The number of anilines is 1. The highest BCUT2D eigenvalue weighted by Gasteiger charge is 2.14. The van der Waals surface area contributed by atoms with E-state index in [4.69, 9.17) is 5.14 Å². The van der Waals surface area contributed by atoms with Crippen molar-refractivity contribution in [2.45, 2.75) is 4.90 Å². The van der Waals surface area contributed by atoms with E-state index in [0.717, 1.165) is 0 Å². The van der Waals surface area contributed by atoms with E-state index < -0.39 is 10.0 Å². The molecule has 0 radical (unpaired) electrons. The highest BCUT2D eigenvalue weighted by atomic mass is 79.9. The number of hydrogen-bond donors (Lipinski definition) is 2. The van der Waals surface area contributed by atoms with Gasteiger partial charge in [-0.25, -0.2) is 13.6 Å². The van der Waals surface area contributed by atoms with Crippen LogP contribution in [0.5, 0.6) is 0 Å². The quantitative estimate of drug-likeness (QED) is 0.855. The Balaban J connectivity index is 2.27. The number of carbonyl (C=O) groups is 1.